The van der Waals surface area contributed by atoms with E-state index in [9.17, 15) is 0 Å². The van der Waals surface area contributed by atoms with Gasteiger partial charge >= 0.3 is 0 Å². The van der Waals surface area contributed by atoms with Gasteiger partial charge in [0, 0.05) is 42.0 Å². The number of aromatic nitrogens is 1. The molecule has 0 bridgehead atoms. The zero-order valence-corrected chi connectivity index (χ0v) is 17.3. The Morgan fingerprint density at radius 2 is 2.00 bits per heavy atom. The highest BCUT2D eigenvalue weighted by Gasteiger charge is 2.29. The van der Waals surface area contributed by atoms with E-state index < -0.39 is 0 Å². The predicted molar refractivity (Wildman–Crippen MR) is 118 cm³/mol. The zero-order chi connectivity index (χ0) is 18.9. The van der Waals surface area contributed by atoms with Crippen LogP contribution in [0.5, 0.6) is 5.75 Å². The minimum atomic E-state index is 0.304. The second-order valence-corrected chi connectivity index (χ2v) is 9.72. The van der Waals surface area contributed by atoms with Crippen LogP contribution < -0.4 is 4.74 Å². The van der Waals surface area contributed by atoms with E-state index in [1.54, 1.807) is 0 Å². The normalized spacial score (nSPS) is 23.8. The van der Waals surface area contributed by atoms with Crippen molar-refractivity contribution in [3.8, 4) is 5.75 Å². The summed E-state index contributed by atoms with van der Waals surface area (Å²) in [5, 5.41) is 3.25. The molecule has 3 nitrogen and oxygen atoms in total. The van der Waals surface area contributed by atoms with Crippen molar-refractivity contribution in [3.63, 3.8) is 0 Å². The molecule has 4 heteroatoms. The Kier molecular flexibility index (Phi) is 5.17. The van der Waals surface area contributed by atoms with Gasteiger partial charge in [0.05, 0.1) is 0 Å². The summed E-state index contributed by atoms with van der Waals surface area (Å²) in [6.07, 6.45) is 17.1. The van der Waals surface area contributed by atoms with Crippen LogP contribution in [0.15, 0.2) is 54.4 Å². The van der Waals surface area contributed by atoms with Crippen LogP contribution in [0.25, 0.3) is 10.8 Å². The van der Waals surface area contributed by atoms with Crippen molar-refractivity contribution < 1.29 is 4.74 Å². The van der Waals surface area contributed by atoms with Crippen molar-refractivity contribution in [1.29, 1.82) is 0 Å². The number of hydrogen-bond acceptors (Lipinski definition) is 4. The number of allylic oxidation sites excluding steroid dienone is 4. The van der Waals surface area contributed by atoms with Crippen molar-refractivity contribution in [2.24, 2.45) is 0 Å². The number of benzene rings is 1. The summed E-state index contributed by atoms with van der Waals surface area (Å²) in [7, 11) is 0. The van der Waals surface area contributed by atoms with Crippen LogP contribution in [0.4, 0.5) is 0 Å². The predicted octanol–water partition coefficient (Wildman–Crippen LogP) is 5.88. The number of fused-ring (bicyclic) bond motifs is 1. The zero-order valence-electron chi connectivity index (χ0n) is 16.5. The third-order valence-electron chi connectivity index (χ3n) is 5.92. The summed E-state index contributed by atoms with van der Waals surface area (Å²) < 4.78 is 9.13. The van der Waals surface area contributed by atoms with Crippen LogP contribution in [0.2, 0.25) is 0 Å². The Morgan fingerprint density at radius 1 is 1.14 bits per heavy atom. The van der Waals surface area contributed by atoms with E-state index in [-0.39, 0.29) is 0 Å². The third kappa shape index (κ3) is 4.13. The van der Waals surface area contributed by atoms with E-state index in [1.165, 1.54) is 29.4 Å². The second-order valence-electron chi connectivity index (χ2n) is 8.32. The molecule has 1 aliphatic heterocycles. The molecule has 2 fully saturated rings. The Labute approximate surface area is 172 Å². The minimum Gasteiger partial charge on any atom is -0.490 e. The molecule has 146 valence electrons. The molecule has 0 spiro atoms. The molecule has 1 unspecified atom stereocenters. The lowest BCUT2D eigenvalue weighted by molar-refractivity contribution is 0.140. The number of nitrogens with zero attached hydrogens (tertiary/aromatic N) is 2. The van der Waals surface area contributed by atoms with Crippen molar-refractivity contribution in [3.05, 3.63) is 60.0 Å². The van der Waals surface area contributed by atoms with E-state index in [4.69, 9.17) is 4.74 Å². The molecule has 1 atom stereocenters. The van der Waals surface area contributed by atoms with E-state index >= 15 is 0 Å². The molecule has 28 heavy (non-hydrogen) atoms. The van der Waals surface area contributed by atoms with Crippen LogP contribution >= 0.6 is 11.9 Å². The molecular weight excluding hydrogens is 364 g/mol. The summed E-state index contributed by atoms with van der Waals surface area (Å²) in [5.41, 5.74) is 2.69. The number of piperidine rings is 1. The lowest BCUT2D eigenvalue weighted by Gasteiger charge is -2.31. The molecule has 0 N–H and O–H groups in total. The Balaban J connectivity index is 1.36. The first kappa shape index (κ1) is 18.3. The highest BCUT2D eigenvalue weighted by atomic mass is 32.2. The highest BCUT2D eigenvalue weighted by molar-refractivity contribution is 7.97. The quantitative estimate of drug-likeness (QED) is 0.594. The number of hydrogen-bond donors (Lipinski definition) is 0. The largest absolute Gasteiger partial charge is 0.490 e. The Morgan fingerprint density at radius 3 is 2.79 bits per heavy atom. The second kappa shape index (κ2) is 7.92. The van der Waals surface area contributed by atoms with Crippen LogP contribution in [-0.2, 0) is 0 Å². The van der Waals surface area contributed by atoms with E-state index in [0.29, 0.717) is 12.0 Å². The van der Waals surface area contributed by atoms with Gasteiger partial charge in [-0.2, -0.15) is 0 Å². The maximum atomic E-state index is 6.58. The molecule has 1 saturated heterocycles. The molecular formula is C24H28N2OS. The van der Waals surface area contributed by atoms with Crippen molar-refractivity contribution >= 4 is 22.7 Å². The lowest BCUT2D eigenvalue weighted by atomic mass is 9.89. The number of ether oxygens (including phenoxy) is 1. The lowest BCUT2D eigenvalue weighted by Crippen LogP contribution is -2.34. The maximum Gasteiger partial charge on any atom is 0.129 e. The molecule has 1 aromatic carbocycles. The first-order valence-electron chi connectivity index (χ1n) is 10.6. The highest BCUT2D eigenvalue weighted by Crippen LogP contribution is 2.39. The Hall–Kier alpha value is -1.78. The van der Waals surface area contributed by atoms with Crippen molar-refractivity contribution in [2.45, 2.75) is 56.3 Å². The fourth-order valence-corrected chi connectivity index (χ4v) is 5.38. The summed E-state index contributed by atoms with van der Waals surface area (Å²) in [5.74, 6) is 1.44. The average molecular weight is 393 g/mol. The van der Waals surface area contributed by atoms with Gasteiger partial charge in [-0.15, -0.1) is 0 Å². The van der Waals surface area contributed by atoms with Crippen molar-refractivity contribution in [1.82, 2.24) is 9.29 Å². The monoisotopic (exact) mass is 392 g/mol. The van der Waals surface area contributed by atoms with Gasteiger partial charge in [-0.3, -0.25) is 9.29 Å². The fraction of sp³-hybridized carbons (Fsp3) is 0.458. The van der Waals surface area contributed by atoms with Gasteiger partial charge in [-0.05, 0) is 62.1 Å². The summed E-state index contributed by atoms with van der Waals surface area (Å²) in [6.45, 7) is 4.45. The summed E-state index contributed by atoms with van der Waals surface area (Å²) in [6, 6.07) is 6.69. The van der Waals surface area contributed by atoms with Gasteiger partial charge in [0.15, 0.2) is 0 Å². The molecule has 2 heterocycles. The van der Waals surface area contributed by atoms with E-state index in [1.807, 2.05) is 12.4 Å². The molecule has 5 rings (SSSR count). The van der Waals surface area contributed by atoms with Gasteiger partial charge in [0.1, 0.15) is 11.9 Å². The van der Waals surface area contributed by atoms with Gasteiger partial charge in [0.2, 0.25) is 0 Å². The minimum absolute atomic E-state index is 0.304. The van der Waals surface area contributed by atoms with Gasteiger partial charge in [0.25, 0.3) is 0 Å². The van der Waals surface area contributed by atoms with Crippen LogP contribution in [0, 0.1) is 0 Å². The van der Waals surface area contributed by atoms with E-state index in [2.05, 4.69) is 64.6 Å². The molecule has 0 radical (unpaired) electrons. The van der Waals surface area contributed by atoms with E-state index in [0.717, 1.165) is 48.7 Å². The standard InChI is InChI=1S/C24H28N2OS/c1-17-3-2-4-18(13-17)20-14-19-7-10-25-16-23(19)24(15-20)27-21-8-11-26(12-9-21)28-22-5-6-22/h2-3,7,10,13-16,18,21-22H,4-6,8-9,11-12H2,1H3. The number of pyridine rings is 1. The average Bonchev–Trinajstić information content (AvgIpc) is 3.53. The first-order valence-corrected chi connectivity index (χ1v) is 11.4. The van der Waals surface area contributed by atoms with Gasteiger partial charge in [-0.1, -0.05) is 41.8 Å². The molecule has 1 saturated carbocycles. The van der Waals surface area contributed by atoms with Crippen LogP contribution in [0.1, 0.15) is 50.5 Å². The maximum absolute atomic E-state index is 6.58. The molecule has 0 amide bonds. The van der Waals surface area contributed by atoms with Crippen molar-refractivity contribution in [2.75, 3.05) is 13.1 Å². The molecule has 2 aromatic rings. The first-order chi connectivity index (χ1) is 13.7. The molecule has 1 aromatic heterocycles. The molecule has 2 aliphatic carbocycles. The summed E-state index contributed by atoms with van der Waals surface area (Å²) >= 11 is 2.07. The Bertz CT molecular complexity index is 910. The fourth-order valence-electron chi connectivity index (χ4n) is 4.19. The van der Waals surface area contributed by atoms with Gasteiger partial charge in [-0.25, -0.2) is 0 Å². The smallest absolute Gasteiger partial charge is 0.129 e. The topological polar surface area (TPSA) is 25.4 Å². The van der Waals surface area contributed by atoms with Gasteiger partial charge < -0.3 is 4.74 Å². The van der Waals surface area contributed by atoms with Crippen LogP contribution in [0.3, 0.4) is 0 Å². The number of rotatable bonds is 5. The third-order valence-corrected chi connectivity index (χ3v) is 7.35. The van der Waals surface area contributed by atoms with Crippen LogP contribution in [-0.4, -0.2) is 33.7 Å². The molecule has 3 aliphatic rings. The SMILES string of the molecule is CC1=CC(c2cc(OC3CCN(SC4CC4)CC3)c3cnccc3c2)CC=C1. The summed E-state index contributed by atoms with van der Waals surface area (Å²) in [4.78, 5) is 4.36.